The van der Waals surface area contributed by atoms with Crippen LogP contribution in [-0.4, -0.2) is 39.4 Å². The third-order valence-corrected chi connectivity index (χ3v) is 2.13. The normalized spacial score (nSPS) is 10.5. The maximum absolute atomic E-state index is 11.0. The monoisotopic (exact) mass is 252 g/mol. The van der Waals surface area contributed by atoms with Crippen LogP contribution in [0.15, 0.2) is 12.2 Å². The molecule has 0 fully saturated rings. The summed E-state index contributed by atoms with van der Waals surface area (Å²) in [7, 11) is 5.36. The van der Waals surface area contributed by atoms with E-state index >= 15 is 0 Å². The van der Waals surface area contributed by atoms with E-state index in [1.54, 1.807) is 28.1 Å². The highest BCUT2D eigenvalue weighted by Gasteiger charge is 2.23. The molecule has 0 aliphatic heterocycles. The van der Waals surface area contributed by atoms with Gasteiger partial charge in [0, 0.05) is 5.57 Å². The summed E-state index contributed by atoms with van der Waals surface area (Å²) in [6.07, 6.45) is 0. The number of hydrogen-bond acceptors (Lipinski definition) is 6. The van der Waals surface area contributed by atoms with Gasteiger partial charge in [-0.1, -0.05) is 6.58 Å². The lowest BCUT2D eigenvalue weighted by molar-refractivity contribution is -0.147. The van der Waals surface area contributed by atoms with Gasteiger partial charge in [0.15, 0.2) is 0 Å². The maximum Gasteiger partial charge on any atom is 0.351 e. The largest absolute Gasteiger partial charge is 0.367 e. The van der Waals surface area contributed by atoms with Crippen LogP contribution in [0.25, 0.3) is 0 Å². The molecule has 0 unspecified atom stereocenters. The van der Waals surface area contributed by atoms with E-state index in [-0.39, 0.29) is 12.4 Å². The molecule has 0 saturated heterocycles. The topological polar surface area (TPSA) is 74.4 Å². The second kappa shape index (κ2) is 8.49. The van der Waals surface area contributed by atoms with Crippen molar-refractivity contribution in [1.82, 2.24) is 21.4 Å². The van der Waals surface area contributed by atoms with Crippen LogP contribution in [0, 0.1) is 0 Å². The first-order valence-corrected chi connectivity index (χ1v) is 4.67. The Balaban J connectivity index is 0. The van der Waals surface area contributed by atoms with Gasteiger partial charge in [0.05, 0.1) is 6.54 Å². The molecule has 0 saturated carbocycles. The van der Waals surface area contributed by atoms with Gasteiger partial charge in [-0.3, -0.25) is 16.0 Å². The molecule has 0 radical (unpaired) electrons. The molecule has 0 aliphatic rings. The fraction of sp³-hybridized carbons (Fsp3) is 0.667. The molecule has 0 aromatic rings. The summed E-state index contributed by atoms with van der Waals surface area (Å²) in [6.45, 7) is 5.43. The summed E-state index contributed by atoms with van der Waals surface area (Å²) in [6, 6.07) is 0. The van der Waals surface area contributed by atoms with Gasteiger partial charge < -0.3 is 4.84 Å². The fourth-order valence-electron chi connectivity index (χ4n) is 0.937. The van der Waals surface area contributed by atoms with Gasteiger partial charge in [-0.15, -0.1) is 17.9 Å². The molecule has 0 rings (SSSR count). The second-order valence-corrected chi connectivity index (χ2v) is 3.15. The molecule has 0 bridgehead atoms. The van der Waals surface area contributed by atoms with E-state index in [0.717, 1.165) is 0 Å². The lowest BCUT2D eigenvalue weighted by Crippen LogP contribution is -2.68. The van der Waals surface area contributed by atoms with Gasteiger partial charge in [0.25, 0.3) is 0 Å². The minimum absolute atomic E-state index is 0. The Kier molecular flexibility index (Phi) is 9.40. The Morgan fingerprint density at radius 1 is 1.25 bits per heavy atom. The second-order valence-electron chi connectivity index (χ2n) is 3.15. The van der Waals surface area contributed by atoms with E-state index < -0.39 is 11.8 Å². The van der Waals surface area contributed by atoms with Crippen molar-refractivity contribution in [2.75, 3.05) is 27.7 Å². The summed E-state index contributed by atoms with van der Waals surface area (Å²) in [5.74, 6) is -0.984. The van der Waals surface area contributed by atoms with Crippen LogP contribution in [0.2, 0.25) is 0 Å². The Morgan fingerprint density at radius 3 is 2.00 bits per heavy atom. The fourth-order valence-corrected chi connectivity index (χ4v) is 0.937. The lowest BCUT2D eigenvalue weighted by Gasteiger charge is -2.32. The molecule has 16 heavy (non-hydrogen) atoms. The number of carbonyl (C=O) groups excluding carboxylic acids is 1. The number of rotatable bonds is 7. The van der Waals surface area contributed by atoms with Gasteiger partial charge in [-0.05, 0) is 28.1 Å². The first-order chi connectivity index (χ1) is 7.01. The summed E-state index contributed by atoms with van der Waals surface area (Å²) in [4.78, 5) is 15.8. The molecule has 0 heterocycles. The Morgan fingerprint density at radius 2 is 1.69 bits per heavy atom. The molecule has 0 aliphatic carbocycles. The van der Waals surface area contributed by atoms with Gasteiger partial charge in [0.2, 0.25) is 0 Å². The first kappa shape index (κ1) is 17.7. The minimum atomic E-state index is -0.518. The van der Waals surface area contributed by atoms with Gasteiger partial charge >= 0.3 is 5.97 Å². The highest BCUT2D eigenvalue weighted by Crippen LogP contribution is 1.92. The number of nitrogens with one attached hydrogen (secondary N) is 4. The molecule has 7 heteroatoms. The third kappa shape index (κ3) is 5.43. The number of hydrogen-bond donors (Lipinski definition) is 4. The SMILES string of the molecule is C=C(C)C(=O)ONCC(NC)(NC)NC.Cl. The number of likely N-dealkylation sites (N-methyl/N-ethyl adjacent to an activating group) is 3. The predicted octanol–water partition coefficient (Wildman–Crippen LogP) is -0.656. The molecule has 0 aromatic carbocycles. The number of halogens is 1. The average molecular weight is 253 g/mol. The zero-order valence-electron chi connectivity index (χ0n) is 10.1. The number of hydroxylamine groups is 1. The van der Waals surface area contributed by atoms with Crippen LogP contribution >= 0.6 is 12.4 Å². The van der Waals surface area contributed by atoms with Gasteiger partial charge in [-0.25, -0.2) is 4.79 Å². The molecular weight excluding hydrogens is 232 g/mol. The zero-order valence-corrected chi connectivity index (χ0v) is 11.0. The highest BCUT2D eigenvalue weighted by molar-refractivity contribution is 5.86. The first-order valence-electron chi connectivity index (χ1n) is 4.67. The highest BCUT2D eigenvalue weighted by atomic mass is 35.5. The van der Waals surface area contributed by atoms with Crippen molar-refractivity contribution in [3.63, 3.8) is 0 Å². The standard InChI is InChI=1S/C9H20N4O2.ClH/c1-7(2)8(14)15-13-6-9(10-3,11-4)12-5;/h10-13H,1,6H2,2-5H3;1H. The smallest absolute Gasteiger partial charge is 0.351 e. The zero-order chi connectivity index (χ0) is 11.9. The third-order valence-electron chi connectivity index (χ3n) is 2.13. The molecule has 0 atom stereocenters. The van der Waals surface area contributed by atoms with Crippen LogP contribution in [-0.2, 0) is 9.63 Å². The Labute approximate surface area is 103 Å². The van der Waals surface area contributed by atoms with Gasteiger partial charge in [0.1, 0.15) is 5.79 Å². The summed E-state index contributed by atoms with van der Waals surface area (Å²) in [5.41, 5.74) is 2.92. The van der Waals surface area contributed by atoms with E-state index in [9.17, 15) is 4.79 Å². The van der Waals surface area contributed by atoms with E-state index in [0.29, 0.717) is 12.1 Å². The molecule has 0 aromatic heterocycles. The van der Waals surface area contributed by atoms with Crippen LogP contribution in [0.3, 0.4) is 0 Å². The van der Waals surface area contributed by atoms with Crippen molar-refractivity contribution in [3.05, 3.63) is 12.2 Å². The van der Waals surface area contributed by atoms with Crippen molar-refractivity contribution in [2.45, 2.75) is 12.7 Å². The maximum atomic E-state index is 11.0. The minimum Gasteiger partial charge on any atom is -0.367 e. The predicted molar refractivity (Wildman–Crippen MR) is 66.1 cm³/mol. The van der Waals surface area contributed by atoms with E-state index in [1.165, 1.54) is 0 Å². The van der Waals surface area contributed by atoms with Gasteiger partial charge in [-0.2, -0.15) is 0 Å². The van der Waals surface area contributed by atoms with Crippen LogP contribution in [0.5, 0.6) is 0 Å². The lowest BCUT2D eigenvalue weighted by atomic mass is 10.3. The van der Waals surface area contributed by atoms with E-state index in [2.05, 4.69) is 28.0 Å². The average Bonchev–Trinajstić information content (AvgIpc) is 2.24. The molecular formula is C9H21ClN4O2. The van der Waals surface area contributed by atoms with Crippen molar-refractivity contribution < 1.29 is 9.63 Å². The summed E-state index contributed by atoms with van der Waals surface area (Å²) >= 11 is 0. The van der Waals surface area contributed by atoms with Crippen LogP contribution < -0.4 is 21.4 Å². The summed E-state index contributed by atoms with van der Waals surface area (Å²) < 4.78 is 0. The molecule has 0 amide bonds. The van der Waals surface area contributed by atoms with Crippen molar-refractivity contribution in [1.29, 1.82) is 0 Å². The molecule has 6 nitrogen and oxygen atoms in total. The molecule has 0 spiro atoms. The van der Waals surface area contributed by atoms with Crippen molar-refractivity contribution in [3.8, 4) is 0 Å². The van der Waals surface area contributed by atoms with E-state index in [1.807, 2.05) is 0 Å². The van der Waals surface area contributed by atoms with Crippen LogP contribution in [0.4, 0.5) is 0 Å². The van der Waals surface area contributed by atoms with Crippen LogP contribution in [0.1, 0.15) is 6.92 Å². The van der Waals surface area contributed by atoms with E-state index in [4.69, 9.17) is 4.84 Å². The van der Waals surface area contributed by atoms with Crippen molar-refractivity contribution >= 4 is 18.4 Å². The number of carbonyl (C=O) groups is 1. The molecule has 96 valence electrons. The molecule has 4 N–H and O–H groups in total. The quantitative estimate of drug-likeness (QED) is 0.274. The Bertz CT molecular complexity index is 223. The Hall–Kier alpha value is -0.660. The van der Waals surface area contributed by atoms with Crippen molar-refractivity contribution in [2.24, 2.45) is 0 Å². The summed E-state index contributed by atoms with van der Waals surface area (Å²) in [5, 5.41) is 9.06.